The average Bonchev–Trinajstić information content (AvgIpc) is 3.11. The van der Waals surface area contributed by atoms with E-state index in [1.165, 1.54) is 0 Å². The molecule has 1 N–H and O–H groups in total. The molecule has 0 aliphatic carbocycles. The maximum absolute atomic E-state index is 11.8. The summed E-state index contributed by atoms with van der Waals surface area (Å²) >= 11 is 0. The molecule has 0 spiro atoms. The van der Waals surface area contributed by atoms with Crippen molar-refractivity contribution in [3.05, 3.63) is 115 Å². The number of hydrogen-bond donors (Lipinski definition) is 1. The van der Waals surface area contributed by atoms with Gasteiger partial charge in [-0.3, -0.25) is 0 Å². The highest BCUT2D eigenvalue weighted by Crippen LogP contribution is 2.59. The van der Waals surface area contributed by atoms with E-state index in [1.807, 2.05) is 37.0 Å². The van der Waals surface area contributed by atoms with E-state index in [-0.39, 0.29) is 0 Å². The molecule has 1 aliphatic rings. The summed E-state index contributed by atoms with van der Waals surface area (Å²) in [5, 5.41) is 4.42. The van der Waals surface area contributed by atoms with Crippen molar-refractivity contribution in [3.63, 3.8) is 0 Å². The smallest absolute Gasteiger partial charge is 0.205 e. The zero-order chi connectivity index (χ0) is 22.6. The molecule has 0 bridgehead atoms. The van der Waals surface area contributed by atoms with Gasteiger partial charge >= 0.3 is 0 Å². The Morgan fingerprint density at radius 1 is 0.636 bits per heavy atom. The van der Waals surface area contributed by atoms with Gasteiger partial charge in [-0.2, -0.15) is 0 Å². The molecule has 1 heterocycles. The second-order valence-electron chi connectivity index (χ2n) is 8.55. The molecule has 1 unspecified atom stereocenters. The van der Waals surface area contributed by atoms with Crippen molar-refractivity contribution < 1.29 is 4.89 Å². The molecular weight excluding hydrogens is 421 g/mol. The molecule has 0 saturated carbocycles. The first-order valence-electron chi connectivity index (χ1n) is 10.9. The first kappa shape index (κ1) is 19.9. The van der Waals surface area contributed by atoms with E-state index < -0.39 is 7.49 Å². The zero-order valence-electron chi connectivity index (χ0n) is 18.2. The minimum Gasteiger partial charge on any atom is -0.241 e. The van der Waals surface area contributed by atoms with Crippen molar-refractivity contribution in [3.8, 4) is 33.4 Å². The van der Waals surface area contributed by atoms with E-state index >= 15 is 0 Å². The van der Waals surface area contributed by atoms with Crippen molar-refractivity contribution in [1.29, 1.82) is 0 Å². The molecule has 2 nitrogen and oxygen atoms in total. The number of hydrogen-bond acceptors (Lipinski definition) is 1. The molecule has 156 valence electrons. The van der Waals surface area contributed by atoms with Gasteiger partial charge in [-0.25, -0.2) is 9.74 Å². The molecule has 5 aromatic carbocycles. The van der Waals surface area contributed by atoms with Crippen LogP contribution in [0.25, 0.3) is 49.0 Å². The van der Waals surface area contributed by atoms with Gasteiger partial charge in [-0.1, -0.05) is 91.0 Å². The van der Waals surface area contributed by atoms with E-state index in [2.05, 4.69) is 77.6 Å². The maximum Gasteiger partial charge on any atom is 0.205 e. The first-order chi connectivity index (χ1) is 16.1. The molecule has 0 radical (unpaired) electrons. The summed E-state index contributed by atoms with van der Waals surface area (Å²) in [5.41, 5.74) is 7.29. The van der Waals surface area contributed by atoms with Crippen LogP contribution < -0.4 is 10.6 Å². The molecule has 6 rings (SSSR count). The molecule has 1 aliphatic heterocycles. The van der Waals surface area contributed by atoms with Crippen molar-refractivity contribution in [1.82, 2.24) is 0 Å². The molecule has 1 atom stereocenters. The Kier molecular flexibility index (Phi) is 4.46. The van der Waals surface area contributed by atoms with Crippen LogP contribution in [0.1, 0.15) is 0 Å². The fraction of sp³-hybridized carbons (Fsp3) is 0.0333. The van der Waals surface area contributed by atoms with E-state index in [0.29, 0.717) is 5.69 Å². The van der Waals surface area contributed by atoms with Gasteiger partial charge in [-0.15, -0.1) is 0 Å². The van der Waals surface area contributed by atoms with Crippen LogP contribution in [0.2, 0.25) is 0 Å². The molecule has 0 amide bonds. The molecule has 0 fully saturated rings. The Bertz CT molecular complexity index is 1610. The average molecular weight is 442 g/mol. The van der Waals surface area contributed by atoms with Gasteiger partial charge in [0.15, 0.2) is 5.69 Å². The van der Waals surface area contributed by atoms with Gasteiger partial charge < -0.3 is 0 Å². The second kappa shape index (κ2) is 7.39. The number of benzene rings is 5. The third-order valence-electron chi connectivity index (χ3n) is 6.64. The van der Waals surface area contributed by atoms with Crippen LogP contribution in [0.4, 0.5) is 5.69 Å². The summed E-state index contributed by atoms with van der Waals surface area (Å²) < 4.78 is 0. The van der Waals surface area contributed by atoms with Gasteiger partial charge in [0.05, 0.1) is 13.2 Å². The zero-order valence-corrected chi connectivity index (χ0v) is 19.1. The monoisotopic (exact) mass is 442 g/mol. The van der Waals surface area contributed by atoms with Gasteiger partial charge in [0.2, 0.25) is 7.49 Å². The normalized spacial score (nSPS) is 16.3. The topological polar surface area (TPSA) is 24.6 Å². The Labute approximate surface area is 194 Å². The lowest BCUT2D eigenvalue weighted by atomic mass is 9.91. The SMILES string of the molecule is [C-]#[N+]c1cccc(-c2ccc(-c3cccc4c3[P+](C)(O)c3ccccc3-4)c3ccccc23)c1. The summed E-state index contributed by atoms with van der Waals surface area (Å²) in [5.74, 6) is 0. The van der Waals surface area contributed by atoms with Crippen LogP contribution in [0, 0.1) is 6.57 Å². The fourth-order valence-corrected chi connectivity index (χ4v) is 7.79. The van der Waals surface area contributed by atoms with Gasteiger partial charge in [0.1, 0.15) is 10.6 Å². The second-order valence-corrected chi connectivity index (χ2v) is 11.4. The Morgan fingerprint density at radius 3 is 2.03 bits per heavy atom. The van der Waals surface area contributed by atoms with Gasteiger partial charge in [0.25, 0.3) is 0 Å². The van der Waals surface area contributed by atoms with Crippen LogP contribution in [0.15, 0.2) is 103 Å². The third kappa shape index (κ3) is 2.95. The largest absolute Gasteiger partial charge is 0.241 e. The van der Waals surface area contributed by atoms with Crippen LogP contribution in [-0.2, 0) is 0 Å². The Balaban J connectivity index is 1.63. The lowest BCUT2D eigenvalue weighted by Gasteiger charge is -2.17. The summed E-state index contributed by atoms with van der Waals surface area (Å²) in [7, 11) is -2.47. The summed E-state index contributed by atoms with van der Waals surface area (Å²) in [6.45, 7) is 9.39. The highest BCUT2D eigenvalue weighted by molar-refractivity contribution is 7.85. The minimum atomic E-state index is -2.47. The number of nitrogens with zero attached hydrogens (tertiary/aromatic N) is 1. The Hall–Kier alpha value is -3.76. The minimum absolute atomic E-state index is 0.639. The van der Waals surface area contributed by atoms with E-state index in [0.717, 1.165) is 54.8 Å². The van der Waals surface area contributed by atoms with Crippen molar-refractivity contribution >= 4 is 34.6 Å². The van der Waals surface area contributed by atoms with Crippen molar-refractivity contribution in [2.75, 3.05) is 6.66 Å². The van der Waals surface area contributed by atoms with Crippen molar-refractivity contribution in [2.45, 2.75) is 0 Å². The van der Waals surface area contributed by atoms with E-state index in [4.69, 9.17) is 6.57 Å². The van der Waals surface area contributed by atoms with Crippen LogP contribution in [0.3, 0.4) is 0 Å². The first-order valence-corrected chi connectivity index (χ1v) is 13.1. The van der Waals surface area contributed by atoms with Crippen LogP contribution >= 0.6 is 7.49 Å². The van der Waals surface area contributed by atoms with E-state index in [9.17, 15) is 4.89 Å². The quantitative estimate of drug-likeness (QED) is 0.227. The summed E-state index contributed by atoms with van der Waals surface area (Å²) in [6.07, 6.45) is 0. The number of rotatable bonds is 2. The molecule has 5 aromatic rings. The molecule has 0 saturated heterocycles. The van der Waals surface area contributed by atoms with Crippen LogP contribution in [-0.4, -0.2) is 11.6 Å². The lowest BCUT2D eigenvalue weighted by molar-refractivity contribution is 0.630. The van der Waals surface area contributed by atoms with Crippen molar-refractivity contribution in [2.24, 2.45) is 0 Å². The lowest BCUT2D eigenvalue weighted by Crippen LogP contribution is -2.17. The maximum atomic E-state index is 11.8. The molecule has 0 aromatic heterocycles. The summed E-state index contributed by atoms with van der Waals surface area (Å²) in [4.78, 5) is 15.4. The number of fused-ring (bicyclic) bond motifs is 4. The van der Waals surface area contributed by atoms with Crippen LogP contribution in [0.5, 0.6) is 0 Å². The fourth-order valence-electron chi connectivity index (χ4n) is 5.18. The van der Waals surface area contributed by atoms with Gasteiger partial charge in [-0.05, 0) is 39.6 Å². The standard InChI is InChI=1S/C30H21NOP/c1-31-21-10-7-9-20(19-21)22-17-18-25(24-12-4-3-11-23(22)24)27-14-8-15-28-26-13-5-6-16-29(26)33(2,32)30(27)28/h3-19,32H,2H3/q+1. The Morgan fingerprint density at radius 2 is 1.24 bits per heavy atom. The summed E-state index contributed by atoms with van der Waals surface area (Å²) in [6, 6.07) is 35.1. The predicted molar refractivity (Wildman–Crippen MR) is 141 cm³/mol. The van der Waals surface area contributed by atoms with Gasteiger partial charge in [0, 0.05) is 16.7 Å². The predicted octanol–water partition coefficient (Wildman–Crippen LogP) is 7.21. The molecule has 33 heavy (non-hydrogen) atoms. The molecular formula is C30H21NOP+. The third-order valence-corrected chi connectivity index (χ3v) is 9.32. The highest BCUT2D eigenvalue weighted by Gasteiger charge is 2.48. The van der Waals surface area contributed by atoms with E-state index in [1.54, 1.807) is 0 Å². The molecule has 3 heteroatoms. The highest BCUT2D eigenvalue weighted by atomic mass is 31.2.